The number of carbonyl (C=O) groups excluding carboxylic acids is 1. The highest BCUT2D eigenvalue weighted by molar-refractivity contribution is 7.19. The number of carbonyl (C=O) groups is 2. The standard InChI is InChI=1S/C15H16N2O3S/c1-9(15(19)20)8-17-14-11(13(16)18)7-12(21-14)10-5-3-2-4-6-10/h2-7,9,17H,8H2,1H3,(H2,16,18)(H,19,20). The largest absolute Gasteiger partial charge is 0.481 e. The number of benzene rings is 1. The van der Waals surface area contributed by atoms with Crippen LogP contribution in [0.5, 0.6) is 0 Å². The van der Waals surface area contributed by atoms with Crippen molar-refractivity contribution in [2.75, 3.05) is 11.9 Å². The third-order valence-electron chi connectivity index (χ3n) is 3.05. The maximum atomic E-state index is 11.5. The molecule has 5 nitrogen and oxygen atoms in total. The average molecular weight is 304 g/mol. The van der Waals surface area contributed by atoms with Gasteiger partial charge in [0.2, 0.25) is 0 Å². The predicted octanol–water partition coefficient (Wildman–Crippen LogP) is 2.65. The lowest BCUT2D eigenvalue weighted by atomic mass is 10.1. The molecule has 0 fully saturated rings. The van der Waals surface area contributed by atoms with Crippen LogP contribution in [0.15, 0.2) is 36.4 Å². The lowest BCUT2D eigenvalue weighted by Crippen LogP contribution is -2.20. The Morgan fingerprint density at radius 1 is 1.33 bits per heavy atom. The zero-order valence-corrected chi connectivity index (χ0v) is 12.3. The molecule has 2 aromatic rings. The van der Waals surface area contributed by atoms with Crippen molar-refractivity contribution in [2.45, 2.75) is 6.92 Å². The van der Waals surface area contributed by atoms with Gasteiger partial charge in [0, 0.05) is 11.4 Å². The van der Waals surface area contributed by atoms with Crippen LogP contribution in [0.3, 0.4) is 0 Å². The van der Waals surface area contributed by atoms with E-state index in [0.29, 0.717) is 10.6 Å². The highest BCUT2D eigenvalue weighted by Crippen LogP contribution is 2.35. The Morgan fingerprint density at radius 2 is 2.00 bits per heavy atom. The monoisotopic (exact) mass is 304 g/mol. The van der Waals surface area contributed by atoms with Crippen molar-refractivity contribution in [3.05, 3.63) is 42.0 Å². The smallest absolute Gasteiger partial charge is 0.308 e. The fourth-order valence-corrected chi connectivity index (χ4v) is 2.86. The van der Waals surface area contributed by atoms with E-state index in [9.17, 15) is 9.59 Å². The Kier molecular flexibility index (Phi) is 4.59. The van der Waals surface area contributed by atoms with Gasteiger partial charge >= 0.3 is 5.97 Å². The van der Waals surface area contributed by atoms with E-state index in [-0.39, 0.29) is 6.54 Å². The molecule has 6 heteroatoms. The first-order chi connectivity index (χ1) is 9.99. The van der Waals surface area contributed by atoms with Gasteiger partial charge in [-0.2, -0.15) is 0 Å². The number of hydrogen-bond donors (Lipinski definition) is 3. The molecule has 0 bridgehead atoms. The highest BCUT2D eigenvalue weighted by atomic mass is 32.1. The lowest BCUT2D eigenvalue weighted by Gasteiger charge is -2.08. The molecule has 1 atom stereocenters. The van der Waals surface area contributed by atoms with Crippen LogP contribution in [0.25, 0.3) is 10.4 Å². The minimum atomic E-state index is -0.886. The number of aliphatic carboxylic acids is 1. The molecule has 0 saturated heterocycles. The maximum absolute atomic E-state index is 11.5. The van der Waals surface area contributed by atoms with E-state index in [4.69, 9.17) is 10.8 Å². The van der Waals surface area contributed by atoms with Gasteiger partial charge in [-0.05, 0) is 11.6 Å². The van der Waals surface area contributed by atoms with E-state index >= 15 is 0 Å². The second-order valence-corrected chi connectivity index (χ2v) is 5.76. The van der Waals surface area contributed by atoms with Gasteiger partial charge in [-0.1, -0.05) is 37.3 Å². The first kappa shape index (κ1) is 15.1. The number of carboxylic acids is 1. The van der Waals surface area contributed by atoms with Crippen molar-refractivity contribution in [1.82, 2.24) is 0 Å². The van der Waals surface area contributed by atoms with Crippen molar-refractivity contribution in [3.63, 3.8) is 0 Å². The van der Waals surface area contributed by atoms with E-state index in [1.165, 1.54) is 11.3 Å². The van der Waals surface area contributed by atoms with E-state index in [1.807, 2.05) is 30.3 Å². The molecule has 0 spiro atoms. The van der Waals surface area contributed by atoms with Crippen LogP contribution in [0.1, 0.15) is 17.3 Å². The fraction of sp³-hybridized carbons (Fsp3) is 0.200. The number of rotatable bonds is 6. The predicted molar refractivity (Wildman–Crippen MR) is 83.6 cm³/mol. The number of carboxylic acid groups (broad SMARTS) is 1. The summed E-state index contributed by atoms with van der Waals surface area (Å²) in [6.45, 7) is 1.84. The normalized spacial score (nSPS) is 11.9. The maximum Gasteiger partial charge on any atom is 0.308 e. The molecule has 1 unspecified atom stereocenters. The minimum Gasteiger partial charge on any atom is -0.481 e. The van der Waals surface area contributed by atoms with Gasteiger partial charge in [-0.3, -0.25) is 9.59 Å². The summed E-state index contributed by atoms with van der Waals surface area (Å²) in [6.07, 6.45) is 0. The summed E-state index contributed by atoms with van der Waals surface area (Å²) in [7, 11) is 0. The number of thiophene rings is 1. The summed E-state index contributed by atoms with van der Waals surface area (Å²) in [5.74, 6) is -1.96. The number of hydrogen-bond acceptors (Lipinski definition) is 4. The van der Waals surface area contributed by atoms with Gasteiger partial charge in [0.1, 0.15) is 5.00 Å². The fourth-order valence-electron chi connectivity index (χ4n) is 1.78. The van der Waals surface area contributed by atoms with Gasteiger partial charge < -0.3 is 16.2 Å². The molecule has 1 aromatic carbocycles. The van der Waals surface area contributed by atoms with Gasteiger partial charge in [-0.25, -0.2) is 0 Å². The molecule has 1 aromatic heterocycles. The van der Waals surface area contributed by atoms with Crippen LogP contribution in [0, 0.1) is 5.92 Å². The summed E-state index contributed by atoms with van der Waals surface area (Å²) in [6, 6.07) is 11.4. The Balaban J connectivity index is 2.26. The van der Waals surface area contributed by atoms with Crippen molar-refractivity contribution >= 4 is 28.2 Å². The third-order valence-corrected chi connectivity index (χ3v) is 4.19. The molecule has 110 valence electrons. The molecule has 1 amide bonds. The molecular weight excluding hydrogens is 288 g/mol. The van der Waals surface area contributed by atoms with E-state index in [0.717, 1.165) is 10.4 Å². The van der Waals surface area contributed by atoms with Crippen molar-refractivity contribution in [2.24, 2.45) is 11.7 Å². The van der Waals surface area contributed by atoms with Gasteiger partial charge in [0.05, 0.1) is 11.5 Å². The molecule has 4 N–H and O–H groups in total. The molecule has 0 aliphatic heterocycles. The number of primary amides is 1. The molecule has 0 saturated carbocycles. The van der Waals surface area contributed by atoms with Crippen LogP contribution in [-0.2, 0) is 4.79 Å². The van der Waals surface area contributed by atoms with Crippen molar-refractivity contribution in [3.8, 4) is 10.4 Å². The van der Waals surface area contributed by atoms with Crippen LogP contribution >= 0.6 is 11.3 Å². The molecule has 21 heavy (non-hydrogen) atoms. The zero-order chi connectivity index (χ0) is 15.4. The minimum absolute atomic E-state index is 0.240. The lowest BCUT2D eigenvalue weighted by molar-refractivity contribution is -0.140. The van der Waals surface area contributed by atoms with E-state index in [2.05, 4.69) is 5.32 Å². The summed E-state index contributed by atoms with van der Waals surface area (Å²) < 4.78 is 0. The summed E-state index contributed by atoms with van der Waals surface area (Å²) in [4.78, 5) is 23.3. The quantitative estimate of drug-likeness (QED) is 0.765. The molecule has 2 rings (SSSR count). The SMILES string of the molecule is CC(CNc1sc(-c2ccccc2)cc1C(N)=O)C(=O)O. The number of nitrogens with one attached hydrogen (secondary N) is 1. The average Bonchev–Trinajstić information content (AvgIpc) is 2.90. The molecule has 1 heterocycles. The van der Waals surface area contributed by atoms with E-state index < -0.39 is 17.8 Å². The Morgan fingerprint density at radius 3 is 2.57 bits per heavy atom. The Bertz CT molecular complexity index is 652. The second-order valence-electron chi connectivity index (χ2n) is 4.70. The van der Waals surface area contributed by atoms with E-state index in [1.54, 1.807) is 13.0 Å². The van der Waals surface area contributed by atoms with Gasteiger partial charge in [0.15, 0.2) is 0 Å². The number of nitrogens with two attached hydrogens (primary N) is 1. The zero-order valence-electron chi connectivity index (χ0n) is 11.5. The van der Waals surface area contributed by atoms with Crippen LogP contribution in [0.4, 0.5) is 5.00 Å². The number of anilines is 1. The second kappa shape index (κ2) is 6.41. The van der Waals surface area contributed by atoms with Gasteiger partial charge in [0.25, 0.3) is 5.91 Å². The van der Waals surface area contributed by atoms with Crippen LogP contribution in [0.2, 0.25) is 0 Å². The Labute approximate surface area is 126 Å². The van der Waals surface area contributed by atoms with Crippen molar-refractivity contribution in [1.29, 1.82) is 0 Å². The molecule has 0 aliphatic rings. The number of amides is 1. The van der Waals surface area contributed by atoms with Crippen LogP contribution in [-0.4, -0.2) is 23.5 Å². The highest BCUT2D eigenvalue weighted by Gasteiger charge is 2.17. The molecule has 0 aliphatic carbocycles. The Hall–Kier alpha value is -2.34. The molecular formula is C15H16N2O3S. The van der Waals surface area contributed by atoms with Crippen LogP contribution < -0.4 is 11.1 Å². The molecule has 0 radical (unpaired) electrons. The third kappa shape index (κ3) is 3.61. The first-order valence-corrected chi connectivity index (χ1v) is 7.26. The summed E-state index contributed by atoms with van der Waals surface area (Å²) in [5, 5.41) is 12.5. The first-order valence-electron chi connectivity index (χ1n) is 6.44. The van der Waals surface area contributed by atoms with Gasteiger partial charge in [-0.15, -0.1) is 11.3 Å². The summed E-state index contributed by atoms with van der Waals surface area (Å²) >= 11 is 1.39. The van der Waals surface area contributed by atoms with Crippen molar-refractivity contribution < 1.29 is 14.7 Å². The topological polar surface area (TPSA) is 92.4 Å². The summed E-state index contributed by atoms with van der Waals surface area (Å²) in [5.41, 5.74) is 6.76.